The molecular weight excluding hydrogens is 216 g/mol. The minimum Gasteiger partial charge on any atom is -0.496 e. The Labute approximate surface area is 100 Å². The smallest absolute Gasteiger partial charge is 0.121 e. The third-order valence-electron chi connectivity index (χ3n) is 2.68. The highest BCUT2D eigenvalue weighted by molar-refractivity contribution is 5.61. The van der Waals surface area contributed by atoms with Crippen molar-refractivity contribution in [1.29, 1.82) is 0 Å². The van der Waals surface area contributed by atoms with Crippen LogP contribution in [0.3, 0.4) is 0 Å². The lowest BCUT2D eigenvalue weighted by Gasteiger charge is -2.05. The van der Waals surface area contributed by atoms with E-state index < -0.39 is 0 Å². The molecule has 0 bridgehead atoms. The van der Waals surface area contributed by atoms with Crippen LogP contribution in [0.2, 0.25) is 0 Å². The Kier molecular flexibility index (Phi) is 3.44. The zero-order chi connectivity index (χ0) is 12.3. The number of benzene rings is 1. The van der Waals surface area contributed by atoms with Gasteiger partial charge in [0.15, 0.2) is 0 Å². The number of H-pyrrole nitrogens is 1. The Morgan fingerprint density at radius 1 is 1.41 bits per heavy atom. The third-order valence-corrected chi connectivity index (χ3v) is 2.68. The number of hydrogen-bond donors (Lipinski definition) is 2. The fourth-order valence-electron chi connectivity index (χ4n) is 1.79. The van der Waals surface area contributed by atoms with E-state index in [0.29, 0.717) is 6.42 Å². The van der Waals surface area contributed by atoms with Crippen molar-refractivity contribution >= 4 is 0 Å². The Bertz CT molecular complexity index is 506. The maximum atomic E-state index is 8.84. The van der Waals surface area contributed by atoms with E-state index in [1.165, 1.54) is 0 Å². The number of aromatic amines is 1. The first kappa shape index (κ1) is 11.7. The minimum absolute atomic E-state index is 0.106. The van der Waals surface area contributed by atoms with E-state index in [4.69, 9.17) is 9.84 Å². The lowest BCUT2D eigenvalue weighted by atomic mass is 10.1. The van der Waals surface area contributed by atoms with Crippen LogP contribution in [-0.2, 0) is 6.42 Å². The summed E-state index contributed by atoms with van der Waals surface area (Å²) < 4.78 is 5.22. The number of aliphatic hydroxyl groups is 1. The van der Waals surface area contributed by atoms with Gasteiger partial charge >= 0.3 is 0 Å². The van der Waals surface area contributed by atoms with E-state index in [9.17, 15) is 0 Å². The molecule has 17 heavy (non-hydrogen) atoms. The van der Waals surface area contributed by atoms with Crippen LogP contribution in [0, 0.1) is 6.92 Å². The molecule has 0 aliphatic heterocycles. The van der Waals surface area contributed by atoms with Gasteiger partial charge in [0, 0.05) is 12.0 Å². The third kappa shape index (κ3) is 2.47. The fourth-order valence-corrected chi connectivity index (χ4v) is 1.79. The number of imidazole rings is 1. The molecule has 2 aromatic rings. The Morgan fingerprint density at radius 2 is 2.24 bits per heavy atom. The summed E-state index contributed by atoms with van der Waals surface area (Å²) in [5, 5.41) is 8.84. The first-order valence-corrected chi connectivity index (χ1v) is 5.54. The van der Waals surface area contributed by atoms with Crippen molar-refractivity contribution in [3.8, 4) is 17.0 Å². The van der Waals surface area contributed by atoms with E-state index >= 15 is 0 Å². The fraction of sp³-hybridized carbons (Fsp3) is 0.308. The van der Waals surface area contributed by atoms with Crippen LogP contribution in [0.25, 0.3) is 11.3 Å². The molecule has 0 radical (unpaired) electrons. The van der Waals surface area contributed by atoms with Crippen LogP contribution in [0.4, 0.5) is 0 Å². The lowest BCUT2D eigenvalue weighted by molar-refractivity contribution is 0.297. The summed E-state index contributed by atoms with van der Waals surface area (Å²) in [4.78, 5) is 7.39. The van der Waals surface area contributed by atoms with Crippen molar-refractivity contribution < 1.29 is 9.84 Å². The van der Waals surface area contributed by atoms with Gasteiger partial charge < -0.3 is 14.8 Å². The second-order valence-electron chi connectivity index (χ2n) is 3.90. The number of nitrogens with zero attached hydrogens (tertiary/aromatic N) is 1. The SMILES string of the molecule is COc1ccc(-c2cnc(CCO)[nH]2)cc1C. The standard InChI is InChI=1S/C13H16N2O2/c1-9-7-10(3-4-12(9)17-2)11-8-14-13(15-11)5-6-16/h3-4,7-8,16H,5-6H2,1-2H3,(H,14,15). The van der Waals surface area contributed by atoms with Crippen LogP contribution >= 0.6 is 0 Å². The van der Waals surface area contributed by atoms with Crippen LogP contribution in [0.1, 0.15) is 11.4 Å². The van der Waals surface area contributed by atoms with Crippen molar-refractivity contribution in [1.82, 2.24) is 9.97 Å². The monoisotopic (exact) mass is 232 g/mol. The van der Waals surface area contributed by atoms with E-state index in [-0.39, 0.29) is 6.61 Å². The van der Waals surface area contributed by atoms with Gasteiger partial charge in [0.25, 0.3) is 0 Å². The van der Waals surface area contributed by atoms with Crippen LogP contribution in [-0.4, -0.2) is 28.8 Å². The Morgan fingerprint density at radius 3 is 2.88 bits per heavy atom. The average Bonchev–Trinajstić information content (AvgIpc) is 2.78. The van der Waals surface area contributed by atoms with Crippen LogP contribution in [0.15, 0.2) is 24.4 Å². The summed E-state index contributed by atoms with van der Waals surface area (Å²) in [6.45, 7) is 2.11. The van der Waals surface area contributed by atoms with Gasteiger partial charge in [-0.15, -0.1) is 0 Å². The maximum absolute atomic E-state index is 8.84. The number of nitrogens with one attached hydrogen (secondary N) is 1. The zero-order valence-corrected chi connectivity index (χ0v) is 10.0. The highest BCUT2D eigenvalue weighted by Gasteiger charge is 2.05. The molecule has 0 saturated carbocycles. The summed E-state index contributed by atoms with van der Waals surface area (Å²) in [6, 6.07) is 5.98. The van der Waals surface area contributed by atoms with Crippen molar-refractivity contribution in [3.63, 3.8) is 0 Å². The van der Waals surface area contributed by atoms with Gasteiger partial charge in [-0.3, -0.25) is 0 Å². The molecule has 1 heterocycles. The van der Waals surface area contributed by atoms with Crippen molar-refractivity contribution in [2.24, 2.45) is 0 Å². The predicted molar refractivity (Wildman–Crippen MR) is 66.1 cm³/mol. The number of aromatic nitrogens is 2. The van der Waals surface area contributed by atoms with Crippen LogP contribution in [0.5, 0.6) is 5.75 Å². The summed E-state index contributed by atoms with van der Waals surface area (Å²) in [5.41, 5.74) is 3.11. The first-order valence-electron chi connectivity index (χ1n) is 5.54. The lowest BCUT2D eigenvalue weighted by Crippen LogP contribution is -1.92. The van der Waals surface area contributed by atoms with E-state index in [1.54, 1.807) is 13.3 Å². The number of aliphatic hydroxyl groups excluding tert-OH is 1. The molecule has 2 rings (SSSR count). The summed E-state index contributed by atoms with van der Waals surface area (Å²) in [7, 11) is 1.66. The number of aryl methyl sites for hydroxylation is 1. The zero-order valence-electron chi connectivity index (χ0n) is 10.0. The second kappa shape index (κ2) is 5.01. The van der Waals surface area contributed by atoms with E-state index in [0.717, 1.165) is 28.4 Å². The summed E-state index contributed by atoms with van der Waals surface area (Å²) >= 11 is 0. The van der Waals surface area contributed by atoms with E-state index in [1.807, 2.05) is 19.1 Å². The molecule has 0 aliphatic carbocycles. The van der Waals surface area contributed by atoms with Gasteiger partial charge in [0.05, 0.1) is 25.6 Å². The quantitative estimate of drug-likeness (QED) is 0.846. The van der Waals surface area contributed by atoms with Gasteiger partial charge in [-0.25, -0.2) is 4.98 Å². The average molecular weight is 232 g/mol. The maximum Gasteiger partial charge on any atom is 0.121 e. The molecule has 2 N–H and O–H groups in total. The molecule has 0 saturated heterocycles. The molecule has 0 amide bonds. The van der Waals surface area contributed by atoms with Gasteiger partial charge in [-0.1, -0.05) is 0 Å². The number of hydrogen-bond acceptors (Lipinski definition) is 3. The topological polar surface area (TPSA) is 58.1 Å². The molecule has 1 aromatic heterocycles. The summed E-state index contributed by atoms with van der Waals surface area (Å²) in [6.07, 6.45) is 2.33. The highest BCUT2D eigenvalue weighted by atomic mass is 16.5. The highest BCUT2D eigenvalue weighted by Crippen LogP contribution is 2.24. The molecule has 1 aromatic carbocycles. The molecule has 0 unspecified atom stereocenters. The first-order chi connectivity index (χ1) is 8.24. The number of methoxy groups -OCH3 is 1. The molecule has 0 atom stereocenters. The van der Waals surface area contributed by atoms with Gasteiger partial charge in [-0.2, -0.15) is 0 Å². The normalized spacial score (nSPS) is 10.5. The Hall–Kier alpha value is -1.81. The predicted octanol–water partition coefficient (Wildman–Crippen LogP) is 1.93. The molecule has 0 fully saturated rings. The van der Waals surface area contributed by atoms with E-state index in [2.05, 4.69) is 16.0 Å². The van der Waals surface area contributed by atoms with Crippen LogP contribution < -0.4 is 4.74 Å². The molecule has 90 valence electrons. The number of ether oxygens (including phenoxy) is 1. The van der Waals surface area contributed by atoms with Crippen molar-refractivity contribution in [3.05, 3.63) is 35.8 Å². The molecule has 4 heteroatoms. The largest absolute Gasteiger partial charge is 0.496 e. The second-order valence-corrected chi connectivity index (χ2v) is 3.90. The minimum atomic E-state index is 0.106. The molecular formula is C13H16N2O2. The van der Waals surface area contributed by atoms with Crippen molar-refractivity contribution in [2.75, 3.05) is 13.7 Å². The Balaban J connectivity index is 2.29. The molecule has 4 nitrogen and oxygen atoms in total. The van der Waals surface area contributed by atoms with Gasteiger partial charge in [0.1, 0.15) is 11.6 Å². The molecule has 0 spiro atoms. The van der Waals surface area contributed by atoms with Crippen molar-refractivity contribution in [2.45, 2.75) is 13.3 Å². The number of rotatable bonds is 4. The van der Waals surface area contributed by atoms with Gasteiger partial charge in [-0.05, 0) is 30.7 Å². The summed E-state index contributed by atoms with van der Waals surface area (Å²) in [5.74, 6) is 1.68. The van der Waals surface area contributed by atoms with Gasteiger partial charge in [0.2, 0.25) is 0 Å². The molecule has 0 aliphatic rings.